The van der Waals surface area contributed by atoms with E-state index >= 15 is 0 Å². The molecule has 1 aromatic rings. The monoisotopic (exact) mass is 313 g/mol. The Morgan fingerprint density at radius 3 is 2.52 bits per heavy atom. The predicted octanol–water partition coefficient (Wildman–Crippen LogP) is 3.24. The van der Waals surface area contributed by atoms with Crippen LogP contribution in [0.5, 0.6) is 0 Å². The molecule has 1 atom stereocenters. The van der Waals surface area contributed by atoms with E-state index in [0.717, 1.165) is 30.8 Å². The van der Waals surface area contributed by atoms with Crippen molar-refractivity contribution in [1.82, 2.24) is 9.78 Å². The minimum Gasteiger partial charge on any atom is -0.330 e. The quantitative estimate of drug-likeness (QED) is 0.761. The van der Waals surface area contributed by atoms with Gasteiger partial charge in [0.2, 0.25) is 0 Å². The largest absolute Gasteiger partial charge is 0.330 e. The van der Waals surface area contributed by atoms with Crippen molar-refractivity contribution in [3.8, 4) is 0 Å². The Morgan fingerprint density at radius 1 is 1.38 bits per heavy atom. The molecule has 120 valence electrons. The molecule has 1 rings (SSSR count). The van der Waals surface area contributed by atoms with Crippen LogP contribution in [0.25, 0.3) is 0 Å². The van der Waals surface area contributed by atoms with E-state index in [9.17, 15) is 4.79 Å². The number of hydrogen-bond donors (Lipinski definition) is 1. The molecule has 0 bridgehead atoms. The third-order valence-electron chi connectivity index (χ3n) is 3.71. The van der Waals surface area contributed by atoms with Crippen LogP contribution in [-0.2, 0) is 24.2 Å². The number of rotatable bonds is 9. The number of aromatic nitrogens is 2. The number of nitrogens with two attached hydrogens (primary N) is 1. The van der Waals surface area contributed by atoms with E-state index in [1.54, 1.807) is 0 Å². The first-order chi connectivity index (χ1) is 9.92. The van der Waals surface area contributed by atoms with Gasteiger partial charge < -0.3 is 5.73 Å². The lowest BCUT2D eigenvalue weighted by molar-refractivity contribution is -0.119. The Bertz CT molecular complexity index is 468. The van der Waals surface area contributed by atoms with Crippen molar-refractivity contribution in [2.45, 2.75) is 59.9 Å². The maximum absolute atomic E-state index is 12.3. The van der Waals surface area contributed by atoms with E-state index < -0.39 is 0 Å². The molecule has 4 nitrogen and oxygen atoms in total. The van der Waals surface area contributed by atoms with Crippen molar-refractivity contribution in [2.75, 3.05) is 6.54 Å². The lowest BCUT2D eigenvalue weighted by atomic mass is 9.91. The van der Waals surface area contributed by atoms with Gasteiger partial charge in [-0.1, -0.05) is 32.4 Å². The van der Waals surface area contributed by atoms with Gasteiger partial charge in [-0.25, -0.2) is 0 Å². The first kappa shape index (κ1) is 18.2. The van der Waals surface area contributed by atoms with Crippen LogP contribution in [0.15, 0.2) is 0 Å². The second kappa shape index (κ2) is 8.54. The van der Waals surface area contributed by atoms with Crippen molar-refractivity contribution in [1.29, 1.82) is 0 Å². The molecule has 0 aliphatic heterocycles. The fourth-order valence-electron chi connectivity index (χ4n) is 2.70. The van der Waals surface area contributed by atoms with Gasteiger partial charge in [0.05, 0.1) is 16.4 Å². The van der Waals surface area contributed by atoms with Gasteiger partial charge in [0, 0.05) is 19.4 Å². The number of ketones is 1. The summed E-state index contributed by atoms with van der Waals surface area (Å²) in [6, 6.07) is 0. The van der Waals surface area contributed by atoms with Crippen LogP contribution in [0.1, 0.15) is 51.9 Å². The van der Waals surface area contributed by atoms with E-state index in [-0.39, 0.29) is 11.7 Å². The number of carbonyl (C=O) groups is 1. The Hall–Kier alpha value is -0.870. The number of Topliss-reactive ketones (excluding diaryl/α,β-unsaturated/α-hetero) is 1. The second-order valence-corrected chi connectivity index (χ2v) is 6.41. The highest BCUT2D eigenvalue weighted by molar-refractivity contribution is 6.32. The highest BCUT2D eigenvalue weighted by Crippen LogP contribution is 2.23. The van der Waals surface area contributed by atoms with Crippen LogP contribution in [0, 0.1) is 11.8 Å². The minimum absolute atomic E-state index is 0.199. The van der Waals surface area contributed by atoms with Crippen molar-refractivity contribution < 1.29 is 4.79 Å². The first-order valence-electron chi connectivity index (χ1n) is 7.88. The molecule has 0 radical (unpaired) electrons. The Labute approximate surface area is 133 Å². The van der Waals surface area contributed by atoms with E-state index in [4.69, 9.17) is 17.3 Å². The summed E-state index contributed by atoms with van der Waals surface area (Å²) in [4.78, 5) is 12.3. The first-order valence-corrected chi connectivity index (χ1v) is 8.26. The zero-order valence-electron chi connectivity index (χ0n) is 13.7. The fourth-order valence-corrected chi connectivity index (χ4v) is 3.03. The average molecular weight is 314 g/mol. The molecule has 0 aromatic carbocycles. The SMILES string of the molecule is CCc1nn(CC)c(CC(=O)CC(CN)CC(C)C)c1Cl. The highest BCUT2D eigenvalue weighted by Gasteiger charge is 2.20. The summed E-state index contributed by atoms with van der Waals surface area (Å²) in [5.74, 6) is 1.02. The fraction of sp³-hybridized carbons (Fsp3) is 0.750. The lowest BCUT2D eigenvalue weighted by Gasteiger charge is -2.16. The van der Waals surface area contributed by atoms with E-state index in [1.807, 2.05) is 18.5 Å². The highest BCUT2D eigenvalue weighted by atomic mass is 35.5. The average Bonchev–Trinajstić information content (AvgIpc) is 2.73. The number of aryl methyl sites for hydroxylation is 2. The molecular formula is C16H28ClN3O. The topological polar surface area (TPSA) is 60.9 Å². The lowest BCUT2D eigenvalue weighted by Crippen LogP contribution is -2.21. The maximum atomic E-state index is 12.3. The summed E-state index contributed by atoms with van der Waals surface area (Å²) >= 11 is 6.35. The molecule has 0 aliphatic rings. The van der Waals surface area contributed by atoms with E-state index in [1.165, 1.54) is 0 Å². The van der Waals surface area contributed by atoms with Gasteiger partial charge in [-0.15, -0.1) is 0 Å². The van der Waals surface area contributed by atoms with Gasteiger partial charge in [0.1, 0.15) is 5.78 Å². The van der Waals surface area contributed by atoms with Crippen LogP contribution < -0.4 is 5.73 Å². The third-order valence-corrected chi connectivity index (χ3v) is 4.15. The number of nitrogens with zero attached hydrogens (tertiary/aromatic N) is 2. The molecule has 0 saturated heterocycles. The normalized spacial score (nSPS) is 12.9. The molecule has 5 heteroatoms. The predicted molar refractivity (Wildman–Crippen MR) is 87.6 cm³/mol. The zero-order valence-corrected chi connectivity index (χ0v) is 14.4. The molecule has 2 N–H and O–H groups in total. The molecule has 0 fully saturated rings. The molecule has 1 aromatic heterocycles. The van der Waals surface area contributed by atoms with Gasteiger partial charge in [0.25, 0.3) is 0 Å². The van der Waals surface area contributed by atoms with Crippen LogP contribution in [-0.4, -0.2) is 22.1 Å². The van der Waals surface area contributed by atoms with E-state index in [2.05, 4.69) is 18.9 Å². The minimum atomic E-state index is 0.199. The summed E-state index contributed by atoms with van der Waals surface area (Å²) < 4.78 is 1.85. The molecule has 21 heavy (non-hydrogen) atoms. The van der Waals surface area contributed by atoms with Crippen LogP contribution in [0.4, 0.5) is 0 Å². The second-order valence-electron chi connectivity index (χ2n) is 6.03. The summed E-state index contributed by atoms with van der Waals surface area (Å²) in [5.41, 5.74) is 7.50. The molecule has 0 spiro atoms. The number of carbonyl (C=O) groups excluding carboxylic acids is 1. The third kappa shape index (κ3) is 5.11. The van der Waals surface area contributed by atoms with Crippen molar-refractivity contribution in [3.05, 3.63) is 16.4 Å². The number of hydrogen-bond acceptors (Lipinski definition) is 3. The van der Waals surface area contributed by atoms with Crippen molar-refractivity contribution in [3.63, 3.8) is 0 Å². The number of halogens is 1. The van der Waals surface area contributed by atoms with Gasteiger partial charge in [-0.3, -0.25) is 9.48 Å². The summed E-state index contributed by atoms with van der Waals surface area (Å²) in [6.45, 7) is 9.64. The van der Waals surface area contributed by atoms with Gasteiger partial charge in [-0.2, -0.15) is 5.10 Å². The molecule has 0 amide bonds. The van der Waals surface area contributed by atoms with E-state index in [0.29, 0.717) is 30.3 Å². The molecule has 1 heterocycles. The Kier molecular flexibility index (Phi) is 7.40. The molecule has 1 unspecified atom stereocenters. The van der Waals surface area contributed by atoms with Crippen molar-refractivity contribution in [2.24, 2.45) is 17.6 Å². The molecular weight excluding hydrogens is 286 g/mol. The van der Waals surface area contributed by atoms with Crippen LogP contribution >= 0.6 is 11.6 Å². The zero-order chi connectivity index (χ0) is 16.0. The maximum Gasteiger partial charge on any atom is 0.139 e. The summed E-state index contributed by atoms with van der Waals surface area (Å²) in [6.07, 6.45) is 2.66. The van der Waals surface area contributed by atoms with Gasteiger partial charge in [0.15, 0.2) is 0 Å². The van der Waals surface area contributed by atoms with Crippen LogP contribution in [0.2, 0.25) is 5.02 Å². The summed E-state index contributed by atoms with van der Waals surface area (Å²) in [7, 11) is 0. The standard InChI is InChI=1S/C16H28ClN3O/c1-5-14-16(17)15(20(6-2)19-14)9-13(21)8-12(10-18)7-11(3)4/h11-12H,5-10,18H2,1-4H3. The Balaban J connectivity index is 2.76. The smallest absolute Gasteiger partial charge is 0.139 e. The van der Waals surface area contributed by atoms with Gasteiger partial charge in [-0.05, 0) is 38.1 Å². The summed E-state index contributed by atoms with van der Waals surface area (Å²) in [5, 5.41) is 5.11. The molecule has 0 aliphatic carbocycles. The molecule has 0 saturated carbocycles. The van der Waals surface area contributed by atoms with Crippen LogP contribution in [0.3, 0.4) is 0 Å². The Morgan fingerprint density at radius 2 is 2.05 bits per heavy atom. The van der Waals surface area contributed by atoms with Crippen molar-refractivity contribution >= 4 is 17.4 Å². The van der Waals surface area contributed by atoms with Gasteiger partial charge >= 0.3 is 0 Å².